The van der Waals surface area contributed by atoms with Gasteiger partial charge in [-0.05, 0) is 18.8 Å². The van der Waals surface area contributed by atoms with Crippen molar-refractivity contribution in [1.29, 1.82) is 0 Å². The Morgan fingerprint density at radius 2 is 1.89 bits per heavy atom. The Kier molecular flexibility index (Phi) is 4.50. The van der Waals surface area contributed by atoms with E-state index in [9.17, 15) is 13.2 Å². The Balaban J connectivity index is 2.01. The van der Waals surface area contributed by atoms with Crippen LogP contribution in [0.1, 0.15) is 37.9 Å². The molecule has 3 nitrogen and oxygen atoms in total. The molecule has 1 aliphatic carbocycles. The van der Waals surface area contributed by atoms with Crippen molar-refractivity contribution in [3.63, 3.8) is 0 Å². The van der Waals surface area contributed by atoms with Gasteiger partial charge >= 0.3 is 6.18 Å². The van der Waals surface area contributed by atoms with E-state index in [1.807, 2.05) is 0 Å². The van der Waals surface area contributed by atoms with E-state index in [-0.39, 0.29) is 11.0 Å². The molecule has 0 unspecified atom stereocenters. The highest BCUT2D eigenvalue weighted by Crippen LogP contribution is 2.29. The standard InChI is InChI=1S/C12H15ClF3N3/c13-9-6-10(19-11(18-9)12(14,15)16)17-7-8-4-2-1-3-5-8/h6,8H,1-5,7H2,(H,17,18,19). The monoisotopic (exact) mass is 293 g/mol. The van der Waals surface area contributed by atoms with E-state index in [0.29, 0.717) is 12.5 Å². The molecule has 0 aromatic carbocycles. The lowest BCUT2D eigenvalue weighted by molar-refractivity contribution is -0.144. The van der Waals surface area contributed by atoms with Gasteiger partial charge in [-0.3, -0.25) is 0 Å². The normalized spacial score (nSPS) is 17.5. The molecule has 7 heteroatoms. The Morgan fingerprint density at radius 3 is 2.53 bits per heavy atom. The lowest BCUT2D eigenvalue weighted by atomic mass is 9.89. The summed E-state index contributed by atoms with van der Waals surface area (Å²) in [7, 11) is 0. The van der Waals surface area contributed by atoms with E-state index in [0.717, 1.165) is 12.8 Å². The van der Waals surface area contributed by atoms with Crippen LogP contribution < -0.4 is 5.32 Å². The van der Waals surface area contributed by atoms with E-state index < -0.39 is 12.0 Å². The summed E-state index contributed by atoms with van der Waals surface area (Å²) in [4.78, 5) is 6.65. The minimum atomic E-state index is -4.58. The van der Waals surface area contributed by atoms with Gasteiger partial charge in [-0.15, -0.1) is 0 Å². The van der Waals surface area contributed by atoms with Crippen molar-refractivity contribution in [2.24, 2.45) is 5.92 Å². The van der Waals surface area contributed by atoms with Crippen LogP contribution in [0.15, 0.2) is 6.07 Å². The minimum absolute atomic E-state index is 0.137. The largest absolute Gasteiger partial charge is 0.451 e. The molecule has 1 heterocycles. The second-order valence-electron chi connectivity index (χ2n) is 4.78. The Bertz CT molecular complexity index is 431. The molecular weight excluding hydrogens is 279 g/mol. The van der Waals surface area contributed by atoms with Crippen molar-refractivity contribution in [3.8, 4) is 0 Å². The van der Waals surface area contributed by atoms with Gasteiger partial charge in [0.25, 0.3) is 0 Å². The van der Waals surface area contributed by atoms with Crippen molar-refractivity contribution in [2.75, 3.05) is 11.9 Å². The average Bonchev–Trinajstić information content (AvgIpc) is 2.36. The number of aromatic nitrogens is 2. The molecule has 0 aliphatic heterocycles. The molecule has 1 aromatic rings. The first kappa shape index (κ1) is 14.4. The summed E-state index contributed by atoms with van der Waals surface area (Å²) in [5, 5.41) is 2.73. The number of rotatable bonds is 3. The summed E-state index contributed by atoms with van der Waals surface area (Å²) >= 11 is 5.59. The third kappa shape index (κ3) is 4.23. The predicted octanol–water partition coefficient (Wildman–Crippen LogP) is 4.14. The predicted molar refractivity (Wildman–Crippen MR) is 67.1 cm³/mol. The molecule has 1 N–H and O–H groups in total. The first-order valence-electron chi connectivity index (χ1n) is 6.31. The highest BCUT2D eigenvalue weighted by Gasteiger charge is 2.35. The fraction of sp³-hybridized carbons (Fsp3) is 0.667. The lowest BCUT2D eigenvalue weighted by Crippen LogP contribution is -2.19. The summed E-state index contributed by atoms with van der Waals surface area (Å²) in [6, 6.07) is 1.32. The van der Waals surface area contributed by atoms with Crippen LogP contribution in [0.2, 0.25) is 5.15 Å². The zero-order valence-corrected chi connectivity index (χ0v) is 11.1. The molecule has 19 heavy (non-hydrogen) atoms. The Morgan fingerprint density at radius 1 is 1.21 bits per heavy atom. The fourth-order valence-corrected chi connectivity index (χ4v) is 2.46. The van der Waals surface area contributed by atoms with Gasteiger partial charge in [-0.2, -0.15) is 13.2 Å². The van der Waals surface area contributed by atoms with Gasteiger partial charge in [0, 0.05) is 12.6 Å². The first-order chi connectivity index (χ1) is 8.95. The van der Waals surface area contributed by atoms with Crippen molar-refractivity contribution >= 4 is 17.4 Å². The van der Waals surface area contributed by atoms with E-state index >= 15 is 0 Å². The maximum absolute atomic E-state index is 12.5. The summed E-state index contributed by atoms with van der Waals surface area (Å²) in [6.45, 7) is 0.630. The van der Waals surface area contributed by atoms with Crippen LogP contribution in [0.3, 0.4) is 0 Å². The molecule has 1 saturated carbocycles. The molecule has 0 atom stereocenters. The highest BCUT2D eigenvalue weighted by atomic mass is 35.5. The third-order valence-corrected chi connectivity index (χ3v) is 3.44. The van der Waals surface area contributed by atoms with Crippen molar-refractivity contribution in [3.05, 3.63) is 17.0 Å². The number of hydrogen-bond donors (Lipinski definition) is 1. The Hall–Kier alpha value is -1.04. The van der Waals surface area contributed by atoms with Crippen molar-refractivity contribution in [1.82, 2.24) is 9.97 Å². The van der Waals surface area contributed by atoms with Gasteiger partial charge < -0.3 is 5.32 Å². The molecule has 0 amide bonds. The number of nitrogens with one attached hydrogen (secondary N) is 1. The third-order valence-electron chi connectivity index (χ3n) is 3.25. The zero-order chi connectivity index (χ0) is 13.9. The molecule has 106 valence electrons. The second kappa shape index (κ2) is 5.94. The number of anilines is 1. The van der Waals surface area contributed by atoms with E-state index in [1.54, 1.807) is 0 Å². The van der Waals surface area contributed by atoms with Crippen LogP contribution in [0.4, 0.5) is 19.0 Å². The topological polar surface area (TPSA) is 37.8 Å². The zero-order valence-electron chi connectivity index (χ0n) is 10.3. The SMILES string of the molecule is FC(F)(F)c1nc(Cl)cc(NCC2CCCCC2)n1. The van der Waals surface area contributed by atoms with Gasteiger partial charge in [-0.25, -0.2) is 9.97 Å². The summed E-state index contributed by atoms with van der Waals surface area (Å²) < 4.78 is 37.6. The average molecular weight is 294 g/mol. The maximum atomic E-state index is 12.5. The number of nitrogens with zero attached hydrogens (tertiary/aromatic N) is 2. The van der Waals surface area contributed by atoms with E-state index in [4.69, 9.17) is 11.6 Å². The molecule has 1 aliphatic rings. The van der Waals surface area contributed by atoms with Crippen LogP contribution in [0, 0.1) is 5.92 Å². The summed E-state index contributed by atoms with van der Waals surface area (Å²) in [5.41, 5.74) is 0. The lowest BCUT2D eigenvalue weighted by Gasteiger charge is -2.22. The van der Waals surface area contributed by atoms with Crippen LogP contribution in [-0.4, -0.2) is 16.5 Å². The van der Waals surface area contributed by atoms with Crippen LogP contribution in [0.25, 0.3) is 0 Å². The molecule has 0 radical (unpaired) electrons. The van der Waals surface area contributed by atoms with Crippen LogP contribution in [0.5, 0.6) is 0 Å². The molecule has 1 fully saturated rings. The molecule has 0 bridgehead atoms. The summed E-state index contributed by atoms with van der Waals surface area (Å²) in [6.07, 6.45) is 1.26. The van der Waals surface area contributed by atoms with Gasteiger partial charge in [0.1, 0.15) is 11.0 Å². The van der Waals surface area contributed by atoms with E-state index in [2.05, 4.69) is 15.3 Å². The second-order valence-corrected chi connectivity index (χ2v) is 5.17. The molecule has 1 aromatic heterocycles. The van der Waals surface area contributed by atoms with Crippen LogP contribution in [-0.2, 0) is 6.18 Å². The van der Waals surface area contributed by atoms with Crippen molar-refractivity contribution < 1.29 is 13.2 Å². The van der Waals surface area contributed by atoms with Gasteiger partial charge in [0.2, 0.25) is 5.82 Å². The van der Waals surface area contributed by atoms with E-state index in [1.165, 1.54) is 25.3 Å². The smallest absolute Gasteiger partial charge is 0.370 e. The van der Waals surface area contributed by atoms with Crippen molar-refractivity contribution in [2.45, 2.75) is 38.3 Å². The molecule has 0 spiro atoms. The first-order valence-corrected chi connectivity index (χ1v) is 6.68. The number of hydrogen-bond acceptors (Lipinski definition) is 3. The minimum Gasteiger partial charge on any atom is -0.370 e. The Labute approximate surface area is 114 Å². The fourth-order valence-electron chi connectivity index (χ4n) is 2.28. The van der Waals surface area contributed by atoms with Gasteiger partial charge in [0.05, 0.1) is 0 Å². The number of alkyl halides is 3. The molecular formula is C12H15ClF3N3. The van der Waals surface area contributed by atoms with Crippen LogP contribution >= 0.6 is 11.6 Å². The molecule has 0 saturated heterocycles. The number of halogens is 4. The molecule has 2 rings (SSSR count). The highest BCUT2D eigenvalue weighted by molar-refractivity contribution is 6.29. The maximum Gasteiger partial charge on any atom is 0.451 e. The summed E-state index contributed by atoms with van der Waals surface area (Å²) in [5.74, 6) is -0.569. The van der Waals surface area contributed by atoms with Gasteiger partial charge in [-0.1, -0.05) is 30.9 Å². The van der Waals surface area contributed by atoms with Gasteiger partial charge in [0.15, 0.2) is 0 Å². The quantitative estimate of drug-likeness (QED) is 0.851.